The Kier molecular flexibility index (Phi) is 7.04. The number of benzene rings is 3. The number of rotatable bonds is 8. The van der Waals surface area contributed by atoms with Crippen LogP contribution in [0.2, 0.25) is 0 Å². The maximum atomic E-state index is 13.4. The van der Waals surface area contributed by atoms with Crippen LogP contribution in [-0.2, 0) is 17.8 Å². The molecule has 8 heteroatoms. The van der Waals surface area contributed by atoms with Gasteiger partial charge >= 0.3 is 0 Å². The van der Waals surface area contributed by atoms with E-state index in [1.165, 1.54) is 6.20 Å². The van der Waals surface area contributed by atoms with E-state index >= 15 is 0 Å². The van der Waals surface area contributed by atoms with Gasteiger partial charge in [0.2, 0.25) is 5.91 Å². The number of anilines is 1. The first-order valence-corrected chi connectivity index (χ1v) is 12.1. The van der Waals surface area contributed by atoms with Gasteiger partial charge in [0, 0.05) is 31.0 Å². The van der Waals surface area contributed by atoms with Crippen molar-refractivity contribution in [1.82, 2.24) is 15.2 Å². The zero-order chi connectivity index (χ0) is 26.5. The number of aromatic nitrogens is 1. The van der Waals surface area contributed by atoms with Gasteiger partial charge in [-0.3, -0.25) is 29.1 Å². The van der Waals surface area contributed by atoms with Crippen molar-refractivity contribution in [2.24, 2.45) is 0 Å². The number of carbonyl (C=O) groups excluding carboxylic acids is 4. The van der Waals surface area contributed by atoms with Crippen LogP contribution >= 0.6 is 0 Å². The number of imide groups is 1. The van der Waals surface area contributed by atoms with Crippen LogP contribution in [0.4, 0.5) is 5.69 Å². The molecule has 0 saturated carbocycles. The highest BCUT2D eigenvalue weighted by atomic mass is 16.2. The van der Waals surface area contributed by atoms with Crippen molar-refractivity contribution in [2.75, 3.05) is 5.32 Å². The molecule has 38 heavy (non-hydrogen) atoms. The molecule has 2 heterocycles. The third-order valence-corrected chi connectivity index (χ3v) is 6.31. The standard InChI is InChI=1S/C30H24N4O4/c35-27(22-9-6-16-31-19-22)33-23-14-12-21(13-15-23)18-32-28(36)26(17-20-7-2-1-3-8-20)34-29(37)24-10-4-5-11-25(24)30(34)38/h1-16,19,26H,17-18H2,(H,32,36)(H,33,35). The molecule has 0 saturated heterocycles. The number of hydrogen-bond donors (Lipinski definition) is 2. The fourth-order valence-electron chi connectivity index (χ4n) is 4.34. The minimum absolute atomic E-state index is 0.185. The van der Waals surface area contributed by atoms with Gasteiger partial charge in [-0.2, -0.15) is 0 Å². The highest BCUT2D eigenvalue weighted by molar-refractivity contribution is 6.22. The molecule has 1 atom stereocenters. The quantitative estimate of drug-likeness (QED) is 0.354. The summed E-state index contributed by atoms with van der Waals surface area (Å²) in [6.07, 6.45) is 3.27. The number of nitrogens with one attached hydrogen (secondary N) is 2. The first kappa shape index (κ1) is 24.6. The largest absolute Gasteiger partial charge is 0.350 e. The highest BCUT2D eigenvalue weighted by Gasteiger charge is 2.42. The summed E-state index contributed by atoms with van der Waals surface area (Å²) >= 11 is 0. The molecular weight excluding hydrogens is 480 g/mol. The number of hydrogen-bond acceptors (Lipinski definition) is 5. The summed E-state index contributed by atoms with van der Waals surface area (Å²) in [5.41, 5.74) is 3.26. The molecule has 1 aromatic heterocycles. The van der Waals surface area contributed by atoms with Crippen molar-refractivity contribution < 1.29 is 19.2 Å². The van der Waals surface area contributed by atoms with Crippen LogP contribution in [0.5, 0.6) is 0 Å². The van der Waals surface area contributed by atoms with E-state index in [9.17, 15) is 19.2 Å². The summed E-state index contributed by atoms with van der Waals surface area (Å²) in [4.78, 5) is 57.0. The zero-order valence-electron chi connectivity index (χ0n) is 20.3. The summed E-state index contributed by atoms with van der Waals surface area (Å²) in [6, 6.07) is 25.3. The molecule has 4 aromatic rings. The number of carbonyl (C=O) groups is 4. The van der Waals surface area contributed by atoms with Crippen LogP contribution in [0.3, 0.4) is 0 Å². The van der Waals surface area contributed by atoms with Gasteiger partial charge in [-0.05, 0) is 47.5 Å². The Bertz CT molecular complexity index is 1450. The van der Waals surface area contributed by atoms with Crippen LogP contribution in [0.15, 0.2) is 103 Å². The van der Waals surface area contributed by atoms with E-state index in [2.05, 4.69) is 15.6 Å². The molecule has 0 aliphatic carbocycles. The maximum Gasteiger partial charge on any atom is 0.262 e. The second-order valence-corrected chi connectivity index (χ2v) is 8.84. The summed E-state index contributed by atoms with van der Waals surface area (Å²) < 4.78 is 0. The second kappa shape index (κ2) is 10.9. The van der Waals surface area contributed by atoms with E-state index < -0.39 is 23.8 Å². The molecule has 5 rings (SSSR count). The molecule has 1 unspecified atom stereocenters. The van der Waals surface area contributed by atoms with Gasteiger partial charge < -0.3 is 10.6 Å². The predicted molar refractivity (Wildman–Crippen MR) is 141 cm³/mol. The van der Waals surface area contributed by atoms with Crippen molar-refractivity contribution in [2.45, 2.75) is 19.0 Å². The summed E-state index contributed by atoms with van der Waals surface area (Å²) in [5, 5.41) is 5.67. The lowest BCUT2D eigenvalue weighted by Crippen LogP contribution is -2.50. The SMILES string of the molecule is O=C(Nc1ccc(CNC(=O)C(Cc2ccccc2)N2C(=O)c3ccccc3C2=O)cc1)c1cccnc1. The van der Waals surface area contributed by atoms with Gasteiger partial charge in [0.15, 0.2) is 0 Å². The smallest absolute Gasteiger partial charge is 0.262 e. The minimum Gasteiger partial charge on any atom is -0.350 e. The van der Waals surface area contributed by atoms with Crippen LogP contribution in [0.1, 0.15) is 42.2 Å². The number of fused-ring (bicyclic) bond motifs is 1. The molecule has 8 nitrogen and oxygen atoms in total. The van der Waals surface area contributed by atoms with Crippen molar-refractivity contribution >= 4 is 29.3 Å². The zero-order valence-corrected chi connectivity index (χ0v) is 20.3. The molecule has 2 N–H and O–H groups in total. The van der Waals surface area contributed by atoms with Gasteiger partial charge in [0.25, 0.3) is 17.7 Å². The topological polar surface area (TPSA) is 108 Å². The van der Waals surface area contributed by atoms with Gasteiger partial charge in [0.1, 0.15) is 6.04 Å². The van der Waals surface area contributed by atoms with E-state index in [0.29, 0.717) is 22.4 Å². The molecule has 0 radical (unpaired) electrons. The van der Waals surface area contributed by atoms with Gasteiger partial charge in [-0.25, -0.2) is 0 Å². The summed E-state index contributed by atoms with van der Waals surface area (Å²) in [5.74, 6) is -1.66. The van der Waals surface area contributed by atoms with Gasteiger partial charge in [0.05, 0.1) is 16.7 Å². The summed E-state index contributed by atoms with van der Waals surface area (Å²) in [6.45, 7) is 0.185. The lowest BCUT2D eigenvalue weighted by atomic mass is 10.0. The second-order valence-electron chi connectivity index (χ2n) is 8.84. The number of pyridine rings is 1. The molecule has 0 bridgehead atoms. The van der Waals surface area contributed by atoms with Crippen molar-refractivity contribution in [1.29, 1.82) is 0 Å². The molecule has 0 spiro atoms. The Labute approximate surface area is 219 Å². The van der Waals surface area contributed by atoms with Gasteiger partial charge in [-0.1, -0.05) is 54.6 Å². The summed E-state index contributed by atoms with van der Waals surface area (Å²) in [7, 11) is 0. The van der Waals surface area contributed by atoms with Crippen LogP contribution in [-0.4, -0.2) is 39.6 Å². The molecule has 0 fully saturated rings. The van der Waals surface area contributed by atoms with E-state index in [1.54, 1.807) is 66.9 Å². The van der Waals surface area contributed by atoms with E-state index in [0.717, 1.165) is 16.0 Å². The maximum absolute atomic E-state index is 13.4. The van der Waals surface area contributed by atoms with E-state index in [-0.39, 0.29) is 18.9 Å². The van der Waals surface area contributed by atoms with E-state index in [1.807, 2.05) is 30.3 Å². The van der Waals surface area contributed by atoms with Crippen LogP contribution in [0.25, 0.3) is 0 Å². The lowest BCUT2D eigenvalue weighted by molar-refractivity contribution is -0.125. The normalized spacial score (nSPS) is 13.1. The Balaban J connectivity index is 1.28. The molecule has 1 aliphatic rings. The van der Waals surface area contributed by atoms with Crippen molar-refractivity contribution in [3.63, 3.8) is 0 Å². The fraction of sp³-hybridized carbons (Fsp3) is 0.100. The third kappa shape index (κ3) is 5.19. The molecule has 4 amide bonds. The van der Waals surface area contributed by atoms with Crippen molar-refractivity contribution in [3.8, 4) is 0 Å². The Morgan fingerprint density at radius 2 is 1.42 bits per heavy atom. The molecule has 1 aliphatic heterocycles. The highest BCUT2D eigenvalue weighted by Crippen LogP contribution is 2.26. The molecule has 3 aromatic carbocycles. The monoisotopic (exact) mass is 504 g/mol. The van der Waals surface area contributed by atoms with E-state index in [4.69, 9.17) is 0 Å². The van der Waals surface area contributed by atoms with Gasteiger partial charge in [-0.15, -0.1) is 0 Å². The third-order valence-electron chi connectivity index (χ3n) is 6.31. The predicted octanol–water partition coefficient (Wildman–Crippen LogP) is 3.86. The molecule has 188 valence electrons. The number of amides is 4. The average Bonchev–Trinajstić information content (AvgIpc) is 3.21. The Morgan fingerprint density at radius 1 is 0.763 bits per heavy atom. The van der Waals surface area contributed by atoms with Crippen LogP contribution < -0.4 is 10.6 Å². The first-order valence-electron chi connectivity index (χ1n) is 12.1. The number of nitrogens with zero attached hydrogens (tertiary/aromatic N) is 2. The van der Waals surface area contributed by atoms with Crippen molar-refractivity contribution in [3.05, 3.63) is 131 Å². The van der Waals surface area contributed by atoms with Crippen LogP contribution in [0, 0.1) is 0 Å². The fourth-order valence-corrected chi connectivity index (χ4v) is 4.34. The lowest BCUT2D eigenvalue weighted by Gasteiger charge is -2.25. The minimum atomic E-state index is -1.01. The molecular formula is C30H24N4O4. The average molecular weight is 505 g/mol. The Morgan fingerprint density at radius 3 is 2.05 bits per heavy atom. The Hall–Kier alpha value is -5.11. The first-order chi connectivity index (χ1) is 18.5.